The van der Waals surface area contributed by atoms with E-state index < -0.39 is 9.05 Å². The first kappa shape index (κ1) is 16.1. The summed E-state index contributed by atoms with van der Waals surface area (Å²) in [7, 11) is 4.99. The number of hydrogen-bond acceptors (Lipinski definition) is 4. The van der Waals surface area contributed by atoms with Gasteiger partial charge in [-0.15, -0.1) is 0 Å². The minimum absolute atomic E-state index is 0.0512. The van der Waals surface area contributed by atoms with Crippen LogP contribution in [-0.4, -0.2) is 34.5 Å². The Hall–Kier alpha value is -1.27. The highest BCUT2D eigenvalue weighted by atomic mass is 35.7. The summed E-state index contributed by atoms with van der Waals surface area (Å²) in [6.07, 6.45) is 2.02. The number of carbonyl (C=O) groups is 1. The van der Waals surface area contributed by atoms with Gasteiger partial charge in [0.25, 0.3) is 15.0 Å². The number of benzene rings is 1. The smallest absolute Gasteiger partial charge is 0.263 e. The van der Waals surface area contributed by atoms with Crippen LogP contribution in [0.25, 0.3) is 0 Å². The lowest BCUT2D eigenvalue weighted by molar-refractivity contribution is 0.0949. The number of nitrogens with zero attached hydrogens (tertiary/aromatic N) is 1. The molecule has 0 aliphatic heterocycles. The number of nitrogens with one attached hydrogen (secondary N) is 1. The Balaban J connectivity index is 2.27. The molecule has 2 atom stereocenters. The molecule has 0 saturated heterocycles. The normalized spacial score (nSPS) is 21.0. The zero-order valence-electron chi connectivity index (χ0n) is 12.3. The van der Waals surface area contributed by atoms with Crippen molar-refractivity contribution in [2.24, 2.45) is 5.92 Å². The monoisotopic (exact) mass is 330 g/mol. The topological polar surface area (TPSA) is 66.5 Å². The Labute approximate surface area is 129 Å². The molecule has 1 amide bonds. The molecule has 2 rings (SSSR count). The van der Waals surface area contributed by atoms with Crippen LogP contribution in [0.4, 0.5) is 5.69 Å². The van der Waals surface area contributed by atoms with Gasteiger partial charge < -0.3 is 10.2 Å². The molecule has 7 heteroatoms. The van der Waals surface area contributed by atoms with Crippen molar-refractivity contribution in [1.29, 1.82) is 0 Å². The van der Waals surface area contributed by atoms with Gasteiger partial charge in [0.05, 0.1) is 5.69 Å². The molecule has 1 fully saturated rings. The van der Waals surface area contributed by atoms with Crippen LogP contribution in [0, 0.1) is 5.92 Å². The zero-order valence-corrected chi connectivity index (χ0v) is 13.8. The van der Waals surface area contributed by atoms with Gasteiger partial charge in [0.15, 0.2) is 0 Å². The second kappa shape index (κ2) is 5.85. The summed E-state index contributed by atoms with van der Waals surface area (Å²) in [6.45, 7) is 2.08. The molecular formula is C14H19ClN2O3S. The summed E-state index contributed by atoms with van der Waals surface area (Å²) in [6, 6.07) is 4.73. The standard InChI is InChI=1S/C14H19ClN2O3S/c1-4-9-7-11(9)16-14(18)10-5-6-12(17(2)3)13(8-10)21(15,19)20/h5-6,8-9,11H,4,7H2,1-3H3,(H,16,18). The predicted octanol–water partition coefficient (Wildman–Crippen LogP) is 2.21. The first-order valence-corrected chi connectivity index (χ1v) is 9.12. The van der Waals surface area contributed by atoms with E-state index in [1.54, 1.807) is 31.1 Å². The number of anilines is 1. The molecule has 1 aromatic rings. The van der Waals surface area contributed by atoms with E-state index in [0.29, 0.717) is 17.2 Å². The number of halogens is 1. The van der Waals surface area contributed by atoms with Gasteiger partial charge in [0.2, 0.25) is 0 Å². The third-order valence-electron chi connectivity index (χ3n) is 3.73. The molecule has 0 spiro atoms. The predicted molar refractivity (Wildman–Crippen MR) is 83.5 cm³/mol. The van der Waals surface area contributed by atoms with Crippen LogP contribution in [0.1, 0.15) is 30.1 Å². The molecule has 1 saturated carbocycles. The molecular weight excluding hydrogens is 312 g/mol. The fourth-order valence-electron chi connectivity index (χ4n) is 2.35. The highest BCUT2D eigenvalue weighted by Crippen LogP contribution is 2.34. The average molecular weight is 331 g/mol. The summed E-state index contributed by atoms with van der Waals surface area (Å²) in [5.74, 6) is 0.272. The molecule has 1 aliphatic rings. The molecule has 0 bridgehead atoms. The second-order valence-corrected chi connectivity index (χ2v) is 8.03. The molecule has 0 heterocycles. The molecule has 2 unspecified atom stereocenters. The molecule has 1 N–H and O–H groups in total. The molecule has 116 valence electrons. The highest BCUT2D eigenvalue weighted by Gasteiger charge is 2.36. The summed E-state index contributed by atoms with van der Waals surface area (Å²) in [5, 5.41) is 2.91. The van der Waals surface area contributed by atoms with Crippen molar-refractivity contribution in [3.8, 4) is 0 Å². The first-order chi connectivity index (χ1) is 9.74. The van der Waals surface area contributed by atoms with Crippen LogP contribution in [0.15, 0.2) is 23.1 Å². The fraction of sp³-hybridized carbons (Fsp3) is 0.500. The molecule has 1 aromatic carbocycles. The summed E-state index contributed by atoms with van der Waals surface area (Å²) < 4.78 is 23.3. The number of hydrogen-bond donors (Lipinski definition) is 1. The van der Waals surface area contributed by atoms with E-state index in [9.17, 15) is 13.2 Å². The Bertz CT molecular complexity index is 658. The Morgan fingerprint density at radius 1 is 1.43 bits per heavy atom. The van der Waals surface area contributed by atoms with E-state index in [1.165, 1.54) is 6.07 Å². The molecule has 21 heavy (non-hydrogen) atoms. The van der Waals surface area contributed by atoms with Crippen molar-refractivity contribution >= 4 is 31.3 Å². The minimum Gasteiger partial charge on any atom is -0.377 e. The van der Waals surface area contributed by atoms with Crippen molar-refractivity contribution in [3.63, 3.8) is 0 Å². The van der Waals surface area contributed by atoms with Gasteiger partial charge in [0, 0.05) is 36.4 Å². The largest absolute Gasteiger partial charge is 0.377 e. The van der Waals surface area contributed by atoms with Gasteiger partial charge in [-0.1, -0.05) is 13.3 Å². The maximum Gasteiger partial charge on any atom is 0.263 e. The highest BCUT2D eigenvalue weighted by molar-refractivity contribution is 8.13. The number of carbonyl (C=O) groups excluding carboxylic acids is 1. The SMILES string of the molecule is CCC1CC1NC(=O)c1ccc(N(C)C)c(S(=O)(=O)Cl)c1. The van der Waals surface area contributed by atoms with Gasteiger partial charge in [-0.3, -0.25) is 4.79 Å². The third kappa shape index (κ3) is 3.68. The number of rotatable bonds is 5. The van der Waals surface area contributed by atoms with E-state index in [4.69, 9.17) is 10.7 Å². The quantitative estimate of drug-likeness (QED) is 0.841. The van der Waals surface area contributed by atoms with Crippen molar-refractivity contribution in [1.82, 2.24) is 5.32 Å². The first-order valence-electron chi connectivity index (χ1n) is 6.81. The van der Waals surface area contributed by atoms with E-state index >= 15 is 0 Å². The van der Waals surface area contributed by atoms with Crippen LogP contribution in [0.3, 0.4) is 0 Å². The maximum absolute atomic E-state index is 12.2. The van der Waals surface area contributed by atoms with Crippen molar-refractivity contribution < 1.29 is 13.2 Å². The van der Waals surface area contributed by atoms with Crippen LogP contribution in [0.2, 0.25) is 0 Å². The lowest BCUT2D eigenvalue weighted by Crippen LogP contribution is -2.27. The van der Waals surface area contributed by atoms with Gasteiger partial charge in [-0.05, 0) is 30.5 Å². The fourth-order valence-corrected chi connectivity index (χ4v) is 3.49. The Kier molecular flexibility index (Phi) is 4.49. The van der Waals surface area contributed by atoms with Gasteiger partial charge in [0.1, 0.15) is 4.90 Å². The Morgan fingerprint density at radius 2 is 2.10 bits per heavy atom. The third-order valence-corrected chi connectivity index (χ3v) is 5.08. The van der Waals surface area contributed by atoms with E-state index in [-0.39, 0.29) is 16.8 Å². The lowest BCUT2D eigenvalue weighted by atomic mass is 10.2. The summed E-state index contributed by atoms with van der Waals surface area (Å²) in [4.78, 5) is 13.7. The molecule has 0 aromatic heterocycles. The molecule has 0 radical (unpaired) electrons. The average Bonchev–Trinajstić information content (AvgIpc) is 3.15. The molecule has 5 nitrogen and oxygen atoms in total. The lowest BCUT2D eigenvalue weighted by Gasteiger charge is -2.16. The molecule has 1 aliphatic carbocycles. The minimum atomic E-state index is -3.91. The van der Waals surface area contributed by atoms with Crippen LogP contribution in [0.5, 0.6) is 0 Å². The van der Waals surface area contributed by atoms with Crippen molar-refractivity contribution in [2.75, 3.05) is 19.0 Å². The van der Waals surface area contributed by atoms with Crippen LogP contribution in [-0.2, 0) is 9.05 Å². The van der Waals surface area contributed by atoms with Gasteiger partial charge in [-0.25, -0.2) is 8.42 Å². The van der Waals surface area contributed by atoms with Crippen molar-refractivity contribution in [2.45, 2.75) is 30.7 Å². The van der Waals surface area contributed by atoms with E-state index in [1.807, 2.05) is 0 Å². The van der Waals surface area contributed by atoms with Gasteiger partial charge in [-0.2, -0.15) is 0 Å². The summed E-state index contributed by atoms with van der Waals surface area (Å²) in [5.41, 5.74) is 0.765. The van der Waals surface area contributed by atoms with Gasteiger partial charge >= 0.3 is 0 Å². The Morgan fingerprint density at radius 3 is 2.57 bits per heavy atom. The van der Waals surface area contributed by atoms with E-state index in [2.05, 4.69) is 12.2 Å². The van der Waals surface area contributed by atoms with Crippen LogP contribution < -0.4 is 10.2 Å². The number of amides is 1. The maximum atomic E-state index is 12.2. The van der Waals surface area contributed by atoms with E-state index in [0.717, 1.165) is 12.8 Å². The zero-order chi connectivity index (χ0) is 15.8. The van der Waals surface area contributed by atoms with Crippen molar-refractivity contribution in [3.05, 3.63) is 23.8 Å². The van der Waals surface area contributed by atoms with Crippen LogP contribution >= 0.6 is 10.7 Å². The summed E-state index contributed by atoms with van der Waals surface area (Å²) >= 11 is 0. The second-order valence-electron chi connectivity index (χ2n) is 5.50.